The molecule has 1 N–H and O–H groups in total. The third kappa shape index (κ3) is 1.23. The van der Waals surface area contributed by atoms with E-state index in [1.807, 2.05) is 18.2 Å². The van der Waals surface area contributed by atoms with Gasteiger partial charge in [0.05, 0.1) is 5.41 Å². The predicted molar refractivity (Wildman–Crippen MR) is 68.1 cm³/mol. The lowest BCUT2D eigenvalue weighted by atomic mass is 9.74. The highest BCUT2D eigenvalue weighted by molar-refractivity contribution is 6.07. The first-order valence-electron chi connectivity index (χ1n) is 6.31. The van der Waals surface area contributed by atoms with Crippen LogP contribution in [0.4, 0.5) is 5.69 Å². The normalized spacial score (nSPS) is 31.9. The number of benzene rings is 1. The Morgan fingerprint density at radius 2 is 2.24 bits per heavy atom. The Kier molecular flexibility index (Phi) is 2.26. The second kappa shape index (κ2) is 3.57. The number of rotatable bonds is 1. The molecule has 1 spiro atoms. The SMILES string of the molecule is CCC1N(C)CCC12C(=O)Nc1ccccc12. The predicted octanol–water partition coefficient (Wildman–Crippen LogP) is 1.99. The summed E-state index contributed by atoms with van der Waals surface area (Å²) < 4.78 is 0. The fraction of sp³-hybridized carbons (Fsp3) is 0.500. The summed E-state index contributed by atoms with van der Waals surface area (Å²) in [4.78, 5) is 14.8. The molecule has 3 heteroatoms. The first-order chi connectivity index (χ1) is 8.20. The van der Waals surface area contributed by atoms with E-state index in [4.69, 9.17) is 0 Å². The number of hydrogen-bond acceptors (Lipinski definition) is 2. The van der Waals surface area contributed by atoms with Gasteiger partial charge in [-0.2, -0.15) is 0 Å². The molecule has 1 amide bonds. The summed E-state index contributed by atoms with van der Waals surface area (Å²) in [5.41, 5.74) is 1.90. The van der Waals surface area contributed by atoms with Crippen molar-refractivity contribution in [3.05, 3.63) is 29.8 Å². The van der Waals surface area contributed by atoms with Crippen molar-refractivity contribution in [1.82, 2.24) is 4.90 Å². The molecule has 0 aromatic heterocycles. The number of likely N-dealkylation sites (tertiary alicyclic amines) is 1. The highest BCUT2D eigenvalue weighted by Gasteiger charge is 2.55. The molecule has 2 heterocycles. The lowest BCUT2D eigenvalue weighted by Crippen LogP contribution is -2.45. The van der Waals surface area contributed by atoms with E-state index in [2.05, 4.69) is 30.3 Å². The molecule has 2 aliphatic heterocycles. The number of likely N-dealkylation sites (N-methyl/N-ethyl adjacent to an activating group) is 1. The number of anilines is 1. The van der Waals surface area contributed by atoms with Gasteiger partial charge in [-0.05, 0) is 38.1 Å². The Labute approximate surface area is 102 Å². The van der Waals surface area contributed by atoms with Gasteiger partial charge < -0.3 is 10.2 Å². The van der Waals surface area contributed by atoms with E-state index in [9.17, 15) is 4.79 Å². The minimum Gasteiger partial charge on any atom is -0.325 e. The zero-order valence-corrected chi connectivity index (χ0v) is 10.4. The van der Waals surface area contributed by atoms with Gasteiger partial charge in [-0.15, -0.1) is 0 Å². The van der Waals surface area contributed by atoms with Crippen LogP contribution in [0.25, 0.3) is 0 Å². The third-order valence-electron chi connectivity index (χ3n) is 4.41. The number of fused-ring (bicyclic) bond motifs is 2. The van der Waals surface area contributed by atoms with Crippen molar-refractivity contribution in [3.8, 4) is 0 Å². The van der Waals surface area contributed by atoms with E-state index < -0.39 is 0 Å². The standard InChI is InChI=1S/C14H18N2O/c1-3-12-14(8-9-16(12)2)10-6-4-5-7-11(10)15-13(14)17/h4-7,12H,3,8-9H2,1-2H3,(H,15,17). The molecule has 0 aliphatic carbocycles. The van der Waals surface area contributed by atoms with Crippen LogP contribution in [0.5, 0.6) is 0 Å². The number of hydrogen-bond donors (Lipinski definition) is 1. The summed E-state index contributed by atoms with van der Waals surface area (Å²) in [6, 6.07) is 8.46. The summed E-state index contributed by atoms with van der Waals surface area (Å²) in [5.74, 6) is 0.190. The van der Waals surface area contributed by atoms with Crippen LogP contribution in [-0.2, 0) is 10.2 Å². The smallest absolute Gasteiger partial charge is 0.236 e. The monoisotopic (exact) mass is 230 g/mol. The summed E-state index contributed by atoms with van der Waals surface area (Å²) in [5, 5.41) is 3.05. The van der Waals surface area contributed by atoms with Gasteiger partial charge in [0.1, 0.15) is 0 Å². The molecule has 3 rings (SSSR count). The maximum atomic E-state index is 12.4. The lowest BCUT2D eigenvalue weighted by Gasteiger charge is -2.31. The quantitative estimate of drug-likeness (QED) is 0.800. The lowest BCUT2D eigenvalue weighted by molar-refractivity contribution is -0.121. The molecule has 1 saturated heterocycles. The Bertz CT molecular complexity index is 471. The fourth-order valence-electron chi connectivity index (χ4n) is 3.63. The first kappa shape index (κ1) is 10.8. The summed E-state index contributed by atoms with van der Waals surface area (Å²) in [6.07, 6.45) is 1.95. The minimum atomic E-state index is -0.305. The van der Waals surface area contributed by atoms with Crippen molar-refractivity contribution in [3.63, 3.8) is 0 Å². The highest BCUT2D eigenvalue weighted by atomic mass is 16.2. The van der Waals surface area contributed by atoms with Crippen molar-refractivity contribution in [2.45, 2.75) is 31.2 Å². The molecule has 17 heavy (non-hydrogen) atoms. The molecule has 1 fully saturated rings. The van der Waals surface area contributed by atoms with Gasteiger partial charge in [-0.1, -0.05) is 25.1 Å². The third-order valence-corrected chi connectivity index (χ3v) is 4.41. The molecule has 1 aromatic rings. The fourth-order valence-corrected chi connectivity index (χ4v) is 3.63. The van der Waals surface area contributed by atoms with Gasteiger partial charge in [0.25, 0.3) is 0 Å². The van der Waals surface area contributed by atoms with Gasteiger partial charge >= 0.3 is 0 Å². The average molecular weight is 230 g/mol. The molecule has 2 atom stereocenters. The van der Waals surface area contributed by atoms with E-state index in [0.717, 1.165) is 25.1 Å². The zero-order valence-electron chi connectivity index (χ0n) is 10.4. The number of amides is 1. The number of nitrogens with zero attached hydrogens (tertiary/aromatic N) is 1. The topological polar surface area (TPSA) is 32.3 Å². The maximum Gasteiger partial charge on any atom is 0.236 e. The molecule has 2 unspecified atom stereocenters. The van der Waals surface area contributed by atoms with Crippen molar-refractivity contribution in [2.75, 3.05) is 18.9 Å². The molecule has 0 saturated carbocycles. The van der Waals surface area contributed by atoms with E-state index in [1.54, 1.807) is 0 Å². The van der Waals surface area contributed by atoms with Crippen molar-refractivity contribution < 1.29 is 4.79 Å². The van der Waals surface area contributed by atoms with Gasteiger partial charge in [0.15, 0.2) is 0 Å². The number of nitrogens with one attached hydrogen (secondary N) is 1. The van der Waals surface area contributed by atoms with E-state index in [0.29, 0.717) is 6.04 Å². The zero-order chi connectivity index (χ0) is 12.0. The molecule has 0 bridgehead atoms. The van der Waals surface area contributed by atoms with Crippen LogP contribution in [0.2, 0.25) is 0 Å². The minimum absolute atomic E-state index is 0.190. The van der Waals surface area contributed by atoms with Crippen LogP contribution in [0.15, 0.2) is 24.3 Å². The van der Waals surface area contributed by atoms with Gasteiger partial charge in [0.2, 0.25) is 5.91 Å². The number of para-hydroxylation sites is 1. The Hall–Kier alpha value is -1.35. The highest BCUT2D eigenvalue weighted by Crippen LogP contribution is 2.48. The van der Waals surface area contributed by atoms with Crippen LogP contribution >= 0.6 is 0 Å². The van der Waals surface area contributed by atoms with E-state index in [-0.39, 0.29) is 11.3 Å². The Morgan fingerprint density at radius 3 is 3.00 bits per heavy atom. The molecule has 2 aliphatic rings. The van der Waals surface area contributed by atoms with Gasteiger partial charge in [-0.25, -0.2) is 0 Å². The summed E-state index contributed by atoms with van der Waals surface area (Å²) in [6.45, 7) is 3.17. The molecular formula is C14H18N2O. The second-order valence-electron chi connectivity index (χ2n) is 5.13. The van der Waals surface area contributed by atoms with Crippen molar-refractivity contribution in [1.29, 1.82) is 0 Å². The van der Waals surface area contributed by atoms with Crippen molar-refractivity contribution in [2.24, 2.45) is 0 Å². The number of carbonyl (C=O) groups excluding carboxylic acids is 1. The van der Waals surface area contributed by atoms with Crippen LogP contribution in [0, 0.1) is 0 Å². The van der Waals surface area contributed by atoms with Crippen molar-refractivity contribution >= 4 is 11.6 Å². The second-order valence-corrected chi connectivity index (χ2v) is 5.13. The van der Waals surface area contributed by atoms with E-state index in [1.165, 1.54) is 5.56 Å². The Balaban J connectivity index is 2.16. The van der Waals surface area contributed by atoms with Crippen LogP contribution in [0.1, 0.15) is 25.3 Å². The first-order valence-corrected chi connectivity index (χ1v) is 6.31. The molecule has 90 valence electrons. The molecule has 3 nitrogen and oxygen atoms in total. The molecular weight excluding hydrogens is 212 g/mol. The Morgan fingerprint density at radius 1 is 1.47 bits per heavy atom. The van der Waals surface area contributed by atoms with E-state index >= 15 is 0 Å². The summed E-state index contributed by atoms with van der Waals surface area (Å²) >= 11 is 0. The molecule has 0 radical (unpaired) electrons. The maximum absolute atomic E-state index is 12.4. The average Bonchev–Trinajstić information content (AvgIpc) is 2.81. The molecule has 1 aromatic carbocycles. The number of carbonyl (C=O) groups is 1. The van der Waals surface area contributed by atoms with Crippen LogP contribution in [-0.4, -0.2) is 30.4 Å². The van der Waals surface area contributed by atoms with Crippen LogP contribution < -0.4 is 5.32 Å². The van der Waals surface area contributed by atoms with Gasteiger partial charge in [-0.3, -0.25) is 4.79 Å². The van der Waals surface area contributed by atoms with Crippen LogP contribution in [0.3, 0.4) is 0 Å². The summed E-state index contributed by atoms with van der Waals surface area (Å²) in [7, 11) is 2.12. The van der Waals surface area contributed by atoms with Gasteiger partial charge in [0, 0.05) is 11.7 Å². The largest absolute Gasteiger partial charge is 0.325 e.